The van der Waals surface area contributed by atoms with E-state index in [9.17, 15) is 14.4 Å². The van der Waals surface area contributed by atoms with Crippen molar-refractivity contribution in [1.82, 2.24) is 10.9 Å². The lowest BCUT2D eigenvalue weighted by Crippen LogP contribution is -2.43. The zero-order chi connectivity index (χ0) is 22.9. The van der Waals surface area contributed by atoms with Crippen LogP contribution >= 0.6 is 0 Å². The third-order valence-corrected chi connectivity index (χ3v) is 5.08. The second-order valence-corrected chi connectivity index (χ2v) is 7.47. The average Bonchev–Trinajstić information content (AvgIpc) is 2.82. The van der Waals surface area contributed by atoms with Crippen molar-refractivity contribution in [2.75, 3.05) is 6.61 Å². The second-order valence-electron chi connectivity index (χ2n) is 7.47. The molecule has 0 aliphatic rings. The molecule has 0 spiro atoms. The van der Waals surface area contributed by atoms with Gasteiger partial charge in [0, 0.05) is 24.0 Å². The molecule has 0 fully saturated rings. The van der Waals surface area contributed by atoms with Gasteiger partial charge < -0.3 is 4.74 Å². The fraction of sp³-hybridized carbons (Fsp3) is 0.192. The smallest absolute Gasteiger partial charge is 0.276 e. The third kappa shape index (κ3) is 6.28. The summed E-state index contributed by atoms with van der Waals surface area (Å²) in [5, 5.41) is 0. The standard InChI is InChI=1S/C26H26N2O4/c1-18-12-13-21(16-19(18)2)23(29)14-15-25(30)27-28-26(31)17-32-24-11-7-6-10-22(24)20-8-4-3-5-9-20/h3-13,16H,14-15,17H2,1-2H3,(H,27,30)(H,28,31). The Morgan fingerprint density at radius 2 is 1.44 bits per heavy atom. The molecule has 164 valence electrons. The minimum absolute atomic E-state index is 0.0241. The summed E-state index contributed by atoms with van der Waals surface area (Å²) in [4.78, 5) is 36.4. The first-order valence-electron chi connectivity index (χ1n) is 10.4. The lowest BCUT2D eigenvalue weighted by Gasteiger charge is -2.12. The molecule has 0 saturated carbocycles. The summed E-state index contributed by atoms with van der Waals surface area (Å²) in [6.07, 6.45) is 0.0366. The Bertz CT molecular complexity index is 1110. The van der Waals surface area contributed by atoms with Crippen molar-refractivity contribution < 1.29 is 19.1 Å². The highest BCUT2D eigenvalue weighted by molar-refractivity contribution is 5.98. The topological polar surface area (TPSA) is 84.5 Å². The molecule has 0 aliphatic carbocycles. The molecule has 0 atom stereocenters. The largest absolute Gasteiger partial charge is 0.483 e. The molecule has 0 saturated heterocycles. The van der Waals surface area contributed by atoms with Crippen LogP contribution in [0.2, 0.25) is 0 Å². The van der Waals surface area contributed by atoms with E-state index in [2.05, 4.69) is 10.9 Å². The summed E-state index contributed by atoms with van der Waals surface area (Å²) in [5.74, 6) is -0.489. The number of hydrazine groups is 1. The van der Waals surface area contributed by atoms with Gasteiger partial charge in [-0.15, -0.1) is 0 Å². The lowest BCUT2D eigenvalue weighted by atomic mass is 10.0. The van der Waals surface area contributed by atoms with Gasteiger partial charge in [-0.1, -0.05) is 60.7 Å². The SMILES string of the molecule is Cc1ccc(C(=O)CCC(=O)NNC(=O)COc2ccccc2-c2ccccc2)cc1C. The highest BCUT2D eigenvalue weighted by atomic mass is 16.5. The van der Waals surface area contributed by atoms with Gasteiger partial charge in [-0.3, -0.25) is 25.2 Å². The van der Waals surface area contributed by atoms with Crippen molar-refractivity contribution >= 4 is 17.6 Å². The Kier molecular flexibility index (Phi) is 7.75. The summed E-state index contributed by atoms with van der Waals surface area (Å²) in [5.41, 5.74) is 9.20. The van der Waals surface area contributed by atoms with Gasteiger partial charge in [-0.05, 0) is 42.7 Å². The fourth-order valence-electron chi connectivity index (χ4n) is 3.12. The van der Waals surface area contributed by atoms with Gasteiger partial charge in [0.25, 0.3) is 5.91 Å². The van der Waals surface area contributed by atoms with E-state index < -0.39 is 11.8 Å². The predicted molar refractivity (Wildman–Crippen MR) is 123 cm³/mol. The van der Waals surface area contributed by atoms with Crippen LogP contribution in [0.1, 0.15) is 34.3 Å². The number of nitrogens with one attached hydrogen (secondary N) is 2. The summed E-state index contributed by atoms with van der Waals surface area (Å²) in [6.45, 7) is 3.66. The van der Waals surface area contributed by atoms with Gasteiger partial charge >= 0.3 is 0 Å². The Labute approximate surface area is 187 Å². The van der Waals surface area contributed by atoms with E-state index in [0.29, 0.717) is 11.3 Å². The van der Waals surface area contributed by atoms with E-state index in [-0.39, 0.29) is 25.2 Å². The number of Topliss-reactive ketones (excluding diaryl/α,β-unsaturated/α-hetero) is 1. The number of carbonyl (C=O) groups excluding carboxylic acids is 3. The number of rotatable bonds is 8. The average molecular weight is 431 g/mol. The van der Waals surface area contributed by atoms with Crippen molar-refractivity contribution in [3.8, 4) is 16.9 Å². The monoisotopic (exact) mass is 430 g/mol. The number of ether oxygens (including phenoxy) is 1. The molecule has 0 unspecified atom stereocenters. The van der Waals surface area contributed by atoms with Crippen LogP contribution in [-0.4, -0.2) is 24.2 Å². The molecular weight excluding hydrogens is 404 g/mol. The van der Waals surface area contributed by atoms with E-state index in [1.807, 2.05) is 74.5 Å². The molecule has 6 heteroatoms. The van der Waals surface area contributed by atoms with Crippen LogP contribution in [0, 0.1) is 13.8 Å². The Hall–Kier alpha value is -3.93. The highest BCUT2D eigenvalue weighted by Gasteiger charge is 2.12. The van der Waals surface area contributed by atoms with Gasteiger partial charge in [0.1, 0.15) is 5.75 Å². The van der Waals surface area contributed by atoms with Crippen molar-refractivity contribution in [3.05, 3.63) is 89.5 Å². The third-order valence-electron chi connectivity index (χ3n) is 5.08. The van der Waals surface area contributed by atoms with Gasteiger partial charge in [0.2, 0.25) is 5.91 Å². The predicted octanol–water partition coefficient (Wildman–Crippen LogP) is 4.16. The van der Waals surface area contributed by atoms with Gasteiger partial charge in [-0.25, -0.2) is 0 Å². The number of hydrogen-bond donors (Lipinski definition) is 2. The molecule has 0 heterocycles. The van der Waals surface area contributed by atoms with Crippen molar-refractivity contribution in [2.45, 2.75) is 26.7 Å². The molecule has 3 rings (SSSR count). The molecule has 0 aliphatic heterocycles. The first kappa shape index (κ1) is 22.7. The van der Waals surface area contributed by atoms with E-state index in [4.69, 9.17) is 4.74 Å². The fourth-order valence-corrected chi connectivity index (χ4v) is 3.12. The van der Waals surface area contributed by atoms with Crippen LogP contribution in [0.5, 0.6) is 5.75 Å². The number of amides is 2. The minimum atomic E-state index is -0.498. The van der Waals surface area contributed by atoms with Crippen molar-refractivity contribution in [1.29, 1.82) is 0 Å². The molecule has 0 aromatic heterocycles. The van der Waals surface area contributed by atoms with Gasteiger partial charge in [0.05, 0.1) is 0 Å². The normalized spacial score (nSPS) is 10.3. The van der Waals surface area contributed by atoms with Gasteiger partial charge in [-0.2, -0.15) is 0 Å². The number of benzene rings is 3. The molecule has 0 radical (unpaired) electrons. The molecular formula is C26H26N2O4. The molecule has 0 bridgehead atoms. The van der Waals surface area contributed by atoms with Gasteiger partial charge in [0.15, 0.2) is 12.4 Å². The van der Waals surface area contributed by atoms with Crippen LogP contribution in [0.3, 0.4) is 0 Å². The molecule has 2 N–H and O–H groups in total. The highest BCUT2D eigenvalue weighted by Crippen LogP contribution is 2.29. The van der Waals surface area contributed by atoms with Crippen LogP contribution in [0.4, 0.5) is 0 Å². The summed E-state index contributed by atoms with van der Waals surface area (Å²) >= 11 is 0. The summed E-state index contributed by atoms with van der Waals surface area (Å²) in [6, 6.07) is 22.6. The number of ketones is 1. The molecule has 32 heavy (non-hydrogen) atoms. The van der Waals surface area contributed by atoms with Crippen LogP contribution in [0.15, 0.2) is 72.8 Å². The Morgan fingerprint density at radius 3 is 2.19 bits per heavy atom. The maximum atomic E-state index is 12.3. The quantitative estimate of drug-likeness (QED) is 0.415. The number of para-hydroxylation sites is 1. The maximum absolute atomic E-state index is 12.3. The van der Waals surface area contributed by atoms with Crippen molar-refractivity contribution in [2.24, 2.45) is 0 Å². The lowest BCUT2D eigenvalue weighted by molar-refractivity contribution is -0.130. The summed E-state index contributed by atoms with van der Waals surface area (Å²) < 4.78 is 5.65. The van der Waals surface area contributed by atoms with E-state index >= 15 is 0 Å². The number of hydrogen-bond acceptors (Lipinski definition) is 4. The van der Waals surface area contributed by atoms with Crippen LogP contribution in [-0.2, 0) is 9.59 Å². The maximum Gasteiger partial charge on any atom is 0.276 e. The zero-order valence-electron chi connectivity index (χ0n) is 18.2. The Morgan fingerprint density at radius 1 is 0.750 bits per heavy atom. The molecule has 6 nitrogen and oxygen atoms in total. The number of carbonyl (C=O) groups is 3. The molecule has 3 aromatic carbocycles. The zero-order valence-corrected chi connectivity index (χ0v) is 18.2. The first-order valence-corrected chi connectivity index (χ1v) is 10.4. The van der Waals surface area contributed by atoms with E-state index in [1.54, 1.807) is 12.1 Å². The van der Waals surface area contributed by atoms with E-state index in [1.165, 1.54) is 0 Å². The van der Waals surface area contributed by atoms with Crippen molar-refractivity contribution in [3.63, 3.8) is 0 Å². The molecule has 3 aromatic rings. The number of aryl methyl sites for hydroxylation is 2. The minimum Gasteiger partial charge on any atom is -0.483 e. The van der Waals surface area contributed by atoms with E-state index in [0.717, 1.165) is 22.3 Å². The first-order chi connectivity index (χ1) is 15.4. The van der Waals surface area contributed by atoms with Crippen LogP contribution in [0.25, 0.3) is 11.1 Å². The van der Waals surface area contributed by atoms with Crippen LogP contribution < -0.4 is 15.6 Å². The summed E-state index contributed by atoms with van der Waals surface area (Å²) in [7, 11) is 0. The Balaban J connectivity index is 1.44. The second kappa shape index (κ2) is 10.9. The molecule has 2 amide bonds.